The van der Waals surface area contributed by atoms with Crippen LogP contribution in [0.4, 0.5) is 0 Å². The second-order valence-corrected chi connectivity index (χ2v) is 6.45. The van der Waals surface area contributed by atoms with Crippen molar-refractivity contribution in [3.8, 4) is 0 Å². The van der Waals surface area contributed by atoms with Crippen molar-refractivity contribution in [3.63, 3.8) is 0 Å². The molecule has 0 unspecified atom stereocenters. The number of fused-ring (bicyclic) bond motifs is 1. The lowest BCUT2D eigenvalue weighted by atomic mass is 10.1. The summed E-state index contributed by atoms with van der Waals surface area (Å²) in [5.41, 5.74) is 2.16. The first-order valence-corrected chi connectivity index (χ1v) is 9.40. The van der Waals surface area contributed by atoms with Crippen LogP contribution >= 0.6 is 24.0 Å². The molecular weight excluding hydrogens is 453 g/mol. The van der Waals surface area contributed by atoms with E-state index >= 15 is 0 Å². The Morgan fingerprint density at radius 2 is 2.11 bits per heavy atom. The first-order chi connectivity index (χ1) is 12.8. The lowest BCUT2D eigenvalue weighted by Gasteiger charge is -2.16. The van der Waals surface area contributed by atoms with Crippen LogP contribution in [0.1, 0.15) is 31.7 Å². The van der Waals surface area contributed by atoms with Crippen molar-refractivity contribution in [1.29, 1.82) is 0 Å². The van der Waals surface area contributed by atoms with Crippen LogP contribution in [0.5, 0.6) is 0 Å². The van der Waals surface area contributed by atoms with Crippen LogP contribution in [-0.4, -0.2) is 47.9 Å². The zero-order valence-electron chi connectivity index (χ0n) is 15.8. The van der Waals surface area contributed by atoms with Crippen LogP contribution in [0.2, 0.25) is 0 Å². The van der Waals surface area contributed by atoms with Gasteiger partial charge in [-0.1, -0.05) is 18.2 Å². The highest BCUT2D eigenvalue weighted by Gasteiger charge is 2.18. The van der Waals surface area contributed by atoms with Crippen molar-refractivity contribution < 1.29 is 4.79 Å². The number of nitrogens with zero attached hydrogens (tertiary/aromatic N) is 3. The third kappa shape index (κ3) is 6.05. The molecule has 0 saturated carbocycles. The highest BCUT2D eigenvalue weighted by atomic mass is 127. The van der Waals surface area contributed by atoms with Crippen molar-refractivity contribution >= 4 is 46.7 Å². The summed E-state index contributed by atoms with van der Waals surface area (Å²) in [4.78, 5) is 22.7. The molecule has 2 N–H and O–H groups in total. The average Bonchev–Trinajstić information content (AvgIpc) is 3.08. The maximum absolute atomic E-state index is 11.6. The van der Waals surface area contributed by atoms with Crippen LogP contribution in [0.25, 0.3) is 10.9 Å². The third-order valence-electron chi connectivity index (χ3n) is 4.56. The molecule has 146 valence electrons. The van der Waals surface area contributed by atoms with Crippen molar-refractivity contribution in [1.82, 2.24) is 20.5 Å². The molecule has 0 bridgehead atoms. The summed E-state index contributed by atoms with van der Waals surface area (Å²) in [7, 11) is 0. The van der Waals surface area contributed by atoms with Crippen LogP contribution < -0.4 is 10.6 Å². The molecule has 1 amide bonds. The molecule has 2 heterocycles. The van der Waals surface area contributed by atoms with E-state index in [4.69, 9.17) is 4.99 Å². The molecule has 0 atom stereocenters. The summed E-state index contributed by atoms with van der Waals surface area (Å²) >= 11 is 0. The maximum Gasteiger partial charge on any atom is 0.222 e. The summed E-state index contributed by atoms with van der Waals surface area (Å²) in [6, 6.07) is 10.2. The molecule has 1 aromatic heterocycles. The van der Waals surface area contributed by atoms with Gasteiger partial charge in [-0.15, -0.1) is 24.0 Å². The molecule has 1 fully saturated rings. The summed E-state index contributed by atoms with van der Waals surface area (Å²) in [6.45, 7) is 5.99. The van der Waals surface area contributed by atoms with Crippen molar-refractivity contribution in [3.05, 3.63) is 42.1 Å². The minimum Gasteiger partial charge on any atom is -0.357 e. The Labute approximate surface area is 177 Å². The molecular formula is C20H28IN5O. The normalized spacial score (nSPS) is 14.3. The van der Waals surface area contributed by atoms with Gasteiger partial charge in [0.05, 0.1) is 12.1 Å². The number of para-hydroxylation sites is 1. The molecule has 6 nitrogen and oxygen atoms in total. The zero-order chi connectivity index (χ0) is 18.2. The van der Waals surface area contributed by atoms with E-state index in [9.17, 15) is 4.79 Å². The maximum atomic E-state index is 11.6. The Morgan fingerprint density at radius 1 is 1.26 bits per heavy atom. The summed E-state index contributed by atoms with van der Waals surface area (Å²) < 4.78 is 0. The SMILES string of the molecule is CCNC(=NCc1ccnc2ccccc12)NCCCN1CCCC1=O.I. The van der Waals surface area contributed by atoms with Crippen molar-refractivity contribution in [2.75, 3.05) is 26.2 Å². The van der Waals surface area contributed by atoms with Crippen LogP contribution in [-0.2, 0) is 11.3 Å². The number of carbonyl (C=O) groups is 1. The fraction of sp³-hybridized carbons (Fsp3) is 0.450. The van der Waals surface area contributed by atoms with E-state index in [0.717, 1.165) is 61.4 Å². The highest BCUT2D eigenvalue weighted by Crippen LogP contribution is 2.16. The first kappa shape index (κ1) is 21.4. The Kier molecular flexibility index (Phi) is 8.77. The number of carbonyl (C=O) groups excluding carboxylic acids is 1. The molecule has 2 aromatic rings. The predicted octanol–water partition coefficient (Wildman–Crippen LogP) is 2.92. The summed E-state index contributed by atoms with van der Waals surface area (Å²) in [6.07, 6.45) is 4.46. The second-order valence-electron chi connectivity index (χ2n) is 6.45. The Bertz CT molecular complexity index is 775. The quantitative estimate of drug-likeness (QED) is 0.276. The Hall–Kier alpha value is -1.90. The van der Waals surface area contributed by atoms with Gasteiger partial charge in [-0.25, -0.2) is 4.99 Å². The largest absolute Gasteiger partial charge is 0.357 e. The van der Waals surface area contributed by atoms with Gasteiger partial charge in [-0.05, 0) is 37.5 Å². The number of benzene rings is 1. The number of amides is 1. The molecule has 7 heteroatoms. The fourth-order valence-corrected chi connectivity index (χ4v) is 3.22. The average molecular weight is 481 g/mol. The number of aromatic nitrogens is 1. The van der Waals surface area contributed by atoms with Gasteiger partial charge in [0.1, 0.15) is 0 Å². The molecule has 1 aromatic carbocycles. The number of pyridine rings is 1. The van der Waals surface area contributed by atoms with Gasteiger partial charge < -0.3 is 15.5 Å². The number of rotatable bonds is 7. The van der Waals surface area contributed by atoms with Gasteiger partial charge in [-0.3, -0.25) is 9.78 Å². The second kappa shape index (κ2) is 11.1. The van der Waals surface area contributed by atoms with Gasteiger partial charge in [0.2, 0.25) is 5.91 Å². The number of guanidine groups is 1. The standard InChI is InChI=1S/C20H27N5O.HI/c1-2-21-20(23-11-6-14-25-13-5-9-19(25)26)24-15-16-10-12-22-18-8-4-3-7-17(16)18;/h3-4,7-8,10,12H,2,5-6,9,11,13-15H2,1H3,(H2,21,23,24);1H. The molecule has 1 aliphatic rings. The van der Waals surface area contributed by atoms with Crippen LogP contribution in [0.3, 0.4) is 0 Å². The van der Waals surface area contributed by atoms with Gasteiger partial charge in [-0.2, -0.15) is 0 Å². The number of hydrogen-bond acceptors (Lipinski definition) is 3. The van der Waals surface area contributed by atoms with Crippen LogP contribution in [0.15, 0.2) is 41.5 Å². The molecule has 3 rings (SSSR count). The van der Waals surface area contributed by atoms with Crippen molar-refractivity contribution in [2.45, 2.75) is 32.7 Å². The number of halogens is 1. The number of hydrogen-bond donors (Lipinski definition) is 2. The minimum atomic E-state index is 0. The minimum absolute atomic E-state index is 0. The summed E-state index contributed by atoms with van der Waals surface area (Å²) in [5.74, 6) is 1.09. The first-order valence-electron chi connectivity index (χ1n) is 9.40. The van der Waals surface area contributed by atoms with E-state index in [1.807, 2.05) is 35.4 Å². The van der Waals surface area contributed by atoms with Gasteiger partial charge >= 0.3 is 0 Å². The number of nitrogens with one attached hydrogen (secondary N) is 2. The van der Waals surface area contributed by atoms with Gasteiger partial charge in [0.15, 0.2) is 5.96 Å². The fourth-order valence-electron chi connectivity index (χ4n) is 3.22. The van der Waals surface area contributed by atoms with E-state index < -0.39 is 0 Å². The van der Waals surface area contributed by atoms with E-state index in [2.05, 4.69) is 28.6 Å². The molecule has 1 saturated heterocycles. The van der Waals surface area contributed by atoms with Crippen LogP contribution in [0, 0.1) is 0 Å². The Balaban J connectivity index is 0.00000261. The molecule has 1 aliphatic heterocycles. The highest BCUT2D eigenvalue weighted by molar-refractivity contribution is 14.0. The van der Waals surface area contributed by atoms with Gasteiger partial charge in [0.25, 0.3) is 0 Å². The summed E-state index contributed by atoms with van der Waals surface area (Å²) in [5, 5.41) is 7.78. The predicted molar refractivity (Wildman–Crippen MR) is 120 cm³/mol. The molecule has 0 aliphatic carbocycles. The van der Waals surface area contributed by atoms with E-state index in [-0.39, 0.29) is 29.9 Å². The molecule has 0 spiro atoms. The monoisotopic (exact) mass is 481 g/mol. The number of likely N-dealkylation sites (tertiary alicyclic amines) is 1. The van der Waals surface area contributed by atoms with Crippen molar-refractivity contribution in [2.24, 2.45) is 4.99 Å². The van der Waals surface area contributed by atoms with E-state index in [0.29, 0.717) is 13.0 Å². The van der Waals surface area contributed by atoms with E-state index in [1.54, 1.807) is 0 Å². The topological polar surface area (TPSA) is 69.6 Å². The number of aliphatic imine (C=N–C) groups is 1. The van der Waals surface area contributed by atoms with Gasteiger partial charge in [0, 0.05) is 44.2 Å². The third-order valence-corrected chi connectivity index (χ3v) is 4.56. The lowest BCUT2D eigenvalue weighted by molar-refractivity contribution is -0.127. The Morgan fingerprint density at radius 3 is 2.89 bits per heavy atom. The lowest BCUT2D eigenvalue weighted by Crippen LogP contribution is -2.39. The van der Waals surface area contributed by atoms with E-state index in [1.165, 1.54) is 0 Å². The smallest absolute Gasteiger partial charge is 0.222 e. The molecule has 27 heavy (non-hydrogen) atoms. The molecule has 0 radical (unpaired) electrons. The zero-order valence-corrected chi connectivity index (χ0v) is 18.1.